The van der Waals surface area contributed by atoms with Gasteiger partial charge >= 0.3 is 5.69 Å². The van der Waals surface area contributed by atoms with Crippen molar-refractivity contribution in [3.05, 3.63) is 48.1 Å². The van der Waals surface area contributed by atoms with Crippen LogP contribution in [0.4, 0.5) is 11.5 Å². The summed E-state index contributed by atoms with van der Waals surface area (Å²) >= 11 is 2.93. The van der Waals surface area contributed by atoms with E-state index in [1.54, 1.807) is 29.5 Å². The molecule has 0 spiro atoms. The van der Waals surface area contributed by atoms with Gasteiger partial charge in [-0.3, -0.25) is 14.9 Å². The molecule has 0 saturated heterocycles. The van der Waals surface area contributed by atoms with E-state index in [1.807, 2.05) is 0 Å². The van der Waals surface area contributed by atoms with Gasteiger partial charge in [-0.25, -0.2) is 15.4 Å². The van der Waals surface area contributed by atoms with Crippen LogP contribution >= 0.6 is 33.9 Å². The average Bonchev–Trinajstić information content (AvgIpc) is 2.95. The van der Waals surface area contributed by atoms with Gasteiger partial charge < -0.3 is 10.8 Å². The number of nitrogens with two attached hydrogens (primary N) is 1. The summed E-state index contributed by atoms with van der Waals surface area (Å²) in [6.45, 7) is 1.74. The van der Waals surface area contributed by atoms with Crippen LogP contribution < -0.4 is 11.2 Å². The van der Waals surface area contributed by atoms with E-state index in [9.17, 15) is 20.0 Å². The SMILES string of the molecule is Cc1c(C(=O)N/N=C\c2cc(I)c(O)c([N+](=O)[O-])c2)sc2ncnc(N)c12. The number of aromatic hydroxyl groups is 1. The fourth-order valence-electron chi connectivity index (χ4n) is 2.35. The number of hydrogen-bond donors (Lipinski definition) is 3. The molecular weight excluding hydrogens is 487 g/mol. The fraction of sp³-hybridized carbons (Fsp3) is 0.0667. The zero-order chi connectivity index (χ0) is 19.7. The summed E-state index contributed by atoms with van der Waals surface area (Å²) in [5.41, 5.74) is 8.76. The number of hydrogen-bond acceptors (Lipinski definition) is 9. The fourth-order valence-corrected chi connectivity index (χ4v) is 4.03. The van der Waals surface area contributed by atoms with Crippen LogP contribution in [0, 0.1) is 20.6 Å². The van der Waals surface area contributed by atoms with Crippen LogP contribution in [-0.2, 0) is 0 Å². The standard InChI is InChI=1S/C15H11IN6O4S/c1-6-10-13(17)18-5-19-15(10)27-12(6)14(24)21-20-4-7-2-8(16)11(23)9(3-7)22(25)26/h2-5,23H,1H3,(H,21,24)(H2,17,18,19)/b20-4-. The highest BCUT2D eigenvalue weighted by Gasteiger charge is 2.19. The number of anilines is 1. The smallest absolute Gasteiger partial charge is 0.312 e. The van der Waals surface area contributed by atoms with Gasteiger partial charge in [0.05, 0.1) is 25.0 Å². The van der Waals surface area contributed by atoms with Crippen LogP contribution in [0.1, 0.15) is 20.8 Å². The van der Waals surface area contributed by atoms with Crippen molar-refractivity contribution in [1.29, 1.82) is 0 Å². The molecule has 27 heavy (non-hydrogen) atoms. The van der Waals surface area contributed by atoms with Crippen LogP contribution in [0.25, 0.3) is 10.2 Å². The third-order valence-corrected chi connectivity index (χ3v) is 5.63. The second kappa shape index (κ2) is 7.40. The Morgan fingerprint density at radius 3 is 2.89 bits per heavy atom. The Morgan fingerprint density at radius 1 is 1.48 bits per heavy atom. The summed E-state index contributed by atoms with van der Waals surface area (Å²) in [7, 11) is 0. The first-order valence-corrected chi connectivity index (χ1v) is 9.19. The number of carbonyl (C=O) groups excluding carboxylic acids is 1. The number of amides is 1. The molecule has 0 aliphatic rings. The number of carbonyl (C=O) groups is 1. The van der Waals surface area contributed by atoms with E-state index >= 15 is 0 Å². The van der Waals surface area contributed by atoms with Crippen molar-refractivity contribution < 1.29 is 14.8 Å². The molecule has 4 N–H and O–H groups in total. The summed E-state index contributed by atoms with van der Waals surface area (Å²) in [6.07, 6.45) is 2.58. The number of nitrogen functional groups attached to an aromatic ring is 1. The highest BCUT2D eigenvalue weighted by Crippen LogP contribution is 2.32. The molecule has 3 aromatic rings. The maximum Gasteiger partial charge on any atom is 0.312 e. The Hall–Kier alpha value is -2.87. The van der Waals surface area contributed by atoms with E-state index < -0.39 is 22.3 Å². The lowest BCUT2D eigenvalue weighted by atomic mass is 10.2. The van der Waals surface area contributed by atoms with Crippen LogP contribution in [0.15, 0.2) is 23.6 Å². The van der Waals surface area contributed by atoms with Gasteiger partial charge in [-0.1, -0.05) is 0 Å². The minimum absolute atomic E-state index is 0.294. The Morgan fingerprint density at radius 2 is 2.22 bits per heavy atom. The van der Waals surface area contributed by atoms with Crippen molar-refractivity contribution in [2.75, 3.05) is 5.73 Å². The summed E-state index contributed by atoms with van der Waals surface area (Å²) < 4.78 is 0.295. The zero-order valence-electron chi connectivity index (χ0n) is 13.6. The van der Waals surface area contributed by atoms with Crippen molar-refractivity contribution >= 4 is 67.8 Å². The van der Waals surface area contributed by atoms with E-state index in [0.29, 0.717) is 35.6 Å². The van der Waals surface area contributed by atoms with Crippen LogP contribution in [-0.4, -0.2) is 32.1 Å². The summed E-state index contributed by atoms with van der Waals surface area (Å²) in [4.78, 5) is 31.6. The van der Waals surface area contributed by atoms with Gasteiger partial charge in [0.15, 0.2) is 0 Å². The minimum Gasteiger partial charge on any atom is -0.501 e. The topological polar surface area (TPSA) is 157 Å². The predicted octanol–water partition coefficient (Wildman–Crippen LogP) is 2.56. The number of hydrazone groups is 1. The number of benzene rings is 1. The normalized spacial score (nSPS) is 11.2. The van der Waals surface area contributed by atoms with E-state index in [4.69, 9.17) is 5.73 Å². The van der Waals surface area contributed by atoms with Crippen LogP contribution in [0.2, 0.25) is 0 Å². The predicted molar refractivity (Wildman–Crippen MR) is 109 cm³/mol. The van der Waals surface area contributed by atoms with E-state index in [1.165, 1.54) is 18.6 Å². The molecule has 0 aliphatic heterocycles. The molecule has 138 valence electrons. The Kier molecular flexibility index (Phi) is 5.18. The quantitative estimate of drug-likeness (QED) is 0.216. The third-order valence-electron chi connectivity index (χ3n) is 3.60. The Balaban J connectivity index is 1.83. The largest absolute Gasteiger partial charge is 0.501 e. The number of nitro groups is 1. The summed E-state index contributed by atoms with van der Waals surface area (Å²) in [6, 6.07) is 2.66. The monoisotopic (exact) mass is 498 g/mol. The van der Waals surface area contributed by atoms with Crippen molar-refractivity contribution in [2.24, 2.45) is 5.10 Å². The zero-order valence-corrected chi connectivity index (χ0v) is 16.6. The average molecular weight is 498 g/mol. The molecule has 0 fully saturated rings. The first kappa shape index (κ1) is 18.9. The van der Waals surface area contributed by atoms with Crippen molar-refractivity contribution in [3.63, 3.8) is 0 Å². The first-order chi connectivity index (χ1) is 12.8. The Bertz CT molecular complexity index is 1110. The lowest BCUT2D eigenvalue weighted by Gasteiger charge is -2.01. The lowest BCUT2D eigenvalue weighted by molar-refractivity contribution is -0.386. The van der Waals surface area contributed by atoms with Gasteiger partial charge in [0.1, 0.15) is 17.0 Å². The molecule has 0 radical (unpaired) electrons. The number of nitrogens with zero attached hydrogens (tertiary/aromatic N) is 4. The number of halogens is 1. The molecule has 0 unspecified atom stereocenters. The molecular formula is C15H11IN6O4S. The molecule has 0 aliphatic carbocycles. The van der Waals surface area contributed by atoms with Gasteiger partial charge in [-0.05, 0) is 41.1 Å². The number of thiophene rings is 1. The molecule has 2 aromatic heterocycles. The lowest BCUT2D eigenvalue weighted by Crippen LogP contribution is -2.17. The van der Waals surface area contributed by atoms with Crippen LogP contribution in [0.3, 0.4) is 0 Å². The number of rotatable bonds is 4. The Labute approximate surface area is 169 Å². The van der Waals surface area contributed by atoms with Gasteiger partial charge in [-0.2, -0.15) is 5.10 Å². The second-order valence-electron chi connectivity index (χ2n) is 5.32. The molecule has 0 atom stereocenters. The molecule has 3 rings (SSSR count). The number of nitro benzene ring substituents is 1. The molecule has 1 aromatic carbocycles. The number of phenols is 1. The van der Waals surface area contributed by atoms with Gasteiger partial charge in [0, 0.05) is 11.6 Å². The van der Waals surface area contributed by atoms with Gasteiger partial charge in [0.25, 0.3) is 5.91 Å². The number of aromatic nitrogens is 2. The number of nitrogens with one attached hydrogen (secondary N) is 1. The maximum absolute atomic E-state index is 12.4. The third kappa shape index (κ3) is 3.66. The van der Waals surface area contributed by atoms with Gasteiger partial charge in [-0.15, -0.1) is 11.3 Å². The molecule has 1 amide bonds. The van der Waals surface area contributed by atoms with Crippen molar-refractivity contribution in [1.82, 2.24) is 15.4 Å². The minimum atomic E-state index is -0.695. The van der Waals surface area contributed by atoms with E-state index in [2.05, 4.69) is 20.5 Å². The number of phenolic OH excluding ortho intramolecular Hbond substituents is 1. The first-order valence-electron chi connectivity index (χ1n) is 7.29. The summed E-state index contributed by atoms with van der Waals surface area (Å²) in [5, 5.41) is 25.1. The summed E-state index contributed by atoms with van der Waals surface area (Å²) in [5.74, 6) is -0.585. The van der Waals surface area contributed by atoms with Crippen molar-refractivity contribution in [2.45, 2.75) is 6.92 Å². The molecule has 12 heteroatoms. The van der Waals surface area contributed by atoms with E-state index in [-0.39, 0.29) is 0 Å². The molecule has 2 heterocycles. The van der Waals surface area contributed by atoms with Crippen LogP contribution in [0.5, 0.6) is 5.75 Å². The second-order valence-corrected chi connectivity index (χ2v) is 7.48. The molecule has 10 nitrogen and oxygen atoms in total. The van der Waals surface area contributed by atoms with E-state index in [0.717, 1.165) is 17.4 Å². The van der Waals surface area contributed by atoms with Crippen molar-refractivity contribution in [3.8, 4) is 5.75 Å². The molecule has 0 bridgehead atoms. The highest BCUT2D eigenvalue weighted by atomic mass is 127. The maximum atomic E-state index is 12.4. The highest BCUT2D eigenvalue weighted by molar-refractivity contribution is 14.1. The number of aryl methyl sites for hydroxylation is 1. The number of fused-ring (bicyclic) bond motifs is 1. The molecule has 0 saturated carbocycles. The van der Waals surface area contributed by atoms with Gasteiger partial charge in [0.2, 0.25) is 5.75 Å².